The molecular weight excluding hydrogens is 352 g/mol. The molecule has 0 spiro atoms. The van der Waals surface area contributed by atoms with Gasteiger partial charge >= 0.3 is 6.09 Å². The Hall–Kier alpha value is -2.16. The van der Waals surface area contributed by atoms with Crippen LogP contribution < -0.4 is 10.8 Å². The number of rotatable bonds is 6. The van der Waals surface area contributed by atoms with Crippen LogP contribution in [0.5, 0.6) is 0 Å². The summed E-state index contributed by atoms with van der Waals surface area (Å²) < 4.78 is 10.5. The molecule has 1 fully saturated rings. The van der Waals surface area contributed by atoms with E-state index in [1.807, 2.05) is 30.3 Å². The summed E-state index contributed by atoms with van der Waals surface area (Å²) >= 11 is 0. The van der Waals surface area contributed by atoms with Gasteiger partial charge < -0.3 is 19.9 Å². The summed E-state index contributed by atoms with van der Waals surface area (Å²) in [6.45, 7) is 5.89. The molecule has 1 unspecified atom stereocenters. The maximum atomic E-state index is 12.6. The van der Waals surface area contributed by atoms with E-state index in [9.17, 15) is 14.7 Å². The molecule has 1 aliphatic heterocycles. The zero-order valence-electron chi connectivity index (χ0n) is 16.0. The maximum absolute atomic E-state index is 12.6. The van der Waals surface area contributed by atoms with Gasteiger partial charge in [0.05, 0.1) is 12.2 Å². The predicted octanol–water partition coefficient (Wildman–Crippen LogP) is 1.67. The summed E-state index contributed by atoms with van der Waals surface area (Å²) in [5, 5.41) is 13.4. The number of benzene rings is 1. The van der Waals surface area contributed by atoms with Crippen molar-refractivity contribution in [1.82, 2.24) is 10.8 Å². The van der Waals surface area contributed by atoms with Crippen LogP contribution in [0.15, 0.2) is 30.3 Å². The monoisotopic (exact) mass is 380 g/mol. The van der Waals surface area contributed by atoms with Gasteiger partial charge in [-0.3, -0.25) is 9.63 Å². The van der Waals surface area contributed by atoms with Gasteiger partial charge in [0.15, 0.2) is 0 Å². The number of nitrogens with one attached hydrogen (secondary N) is 2. The highest BCUT2D eigenvalue weighted by molar-refractivity contribution is 5.86. The van der Waals surface area contributed by atoms with Crippen LogP contribution in [-0.2, 0) is 25.7 Å². The van der Waals surface area contributed by atoms with Crippen molar-refractivity contribution in [2.24, 2.45) is 0 Å². The summed E-state index contributed by atoms with van der Waals surface area (Å²) in [5.74, 6) is -0.652. The van der Waals surface area contributed by atoms with E-state index >= 15 is 0 Å². The number of aliphatic hydroxyl groups is 1. The fourth-order valence-electron chi connectivity index (χ4n) is 2.71. The average molecular weight is 380 g/mol. The van der Waals surface area contributed by atoms with E-state index in [-0.39, 0.29) is 19.4 Å². The van der Waals surface area contributed by atoms with Crippen molar-refractivity contribution in [1.29, 1.82) is 0 Å². The lowest BCUT2D eigenvalue weighted by atomic mass is 9.86. The van der Waals surface area contributed by atoms with Crippen LogP contribution in [0.2, 0.25) is 0 Å². The molecule has 0 saturated carbocycles. The highest BCUT2D eigenvalue weighted by Gasteiger charge is 2.44. The lowest BCUT2D eigenvalue weighted by Crippen LogP contribution is -2.62. The summed E-state index contributed by atoms with van der Waals surface area (Å²) in [7, 11) is 0. The molecule has 0 radical (unpaired) electrons. The van der Waals surface area contributed by atoms with Gasteiger partial charge in [-0.1, -0.05) is 30.3 Å². The largest absolute Gasteiger partial charge is 0.444 e. The van der Waals surface area contributed by atoms with Gasteiger partial charge in [0.1, 0.15) is 11.6 Å². The molecule has 1 aromatic carbocycles. The van der Waals surface area contributed by atoms with E-state index in [0.717, 1.165) is 5.56 Å². The summed E-state index contributed by atoms with van der Waals surface area (Å²) in [4.78, 5) is 30.0. The summed E-state index contributed by atoms with van der Waals surface area (Å²) in [6.07, 6.45) is -0.371. The number of carbonyl (C=O) groups is 2. The minimum Gasteiger partial charge on any atom is -0.444 e. The highest BCUT2D eigenvalue weighted by Crippen LogP contribution is 2.25. The highest BCUT2D eigenvalue weighted by atomic mass is 16.7. The summed E-state index contributed by atoms with van der Waals surface area (Å²) in [5.41, 5.74) is 1.01. The van der Waals surface area contributed by atoms with E-state index in [1.165, 1.54) is 0 Å². The first kappa shape index (κ1) is 21.1. The number of carbonyl (C=O) groups excluding carboxylic acids is 2. The fourth-order valence-corrected chi connectivity index (χ4v) is 2.71. The van der Waals surface area contributed by atoms with Crippen LogP contribution in [0.3, 0.4) is 0 Å². The van der Waals surface area contributed by atoms with Crippen molar-refractivity contribution in [2.45, 2.75) is 57.5 Å². The molecule has 1 aromatic rings. The Morgan fingerprint density at radius 2 is 1.85 bits per heavy atom. The number of ether oxygens (including phenoxy) is 2. The normalized spacial score (nSPS) is 17.6. The molecule has 1 heterocycles. The molecule has 150 valence electrons. The zero-order chi connectivity index (χ0) is 19.9. The standard InChI is InChI=1S/C19H28N2O6/c1-18(2,3)27-17(23)20-15(19(24)9-11-25-12-10-19)16(22)21-26-13-14-7-5-4-6-8-14/h4-8,15,24H,9-13H2,1-3H3,(H,20,23)(H,21,22). The second-order valence-corrected chi connectivity index (χ2v) is 7.54. The third-order valence-corrected chi connectivity index (χ3v) is 4.07. The molecule has 0 aromatic heterocycles. The molecule has 2 rings (SSSR count). The van der Waals surface area contributed by atoms with Gasteiger partial charge in [0.25, 0.3) is 5.91 Å². The maximum Gasteiger partial charge on any atom is 0.408 e. The van der Waals surface area contributed by atoms with Crippen molar-refractivity contribution < 1.29 is 29.0 Å². The lowest BCUT2D eigenvalue weighted by molar-refractivity contribution is -0.150. The molecule has 2 amide bonds. The van der Waals surface area contributed by atoms with Crippen LogP contribution in [0, 0.1) is 0 Å². The molecule has 8 nitrogen and oxygen atoms in total. The first-order chi connectivity index (χ1) is 12.7. The Bertz CT molecular complexity index is 623. The Kier molecular flexibility index (Phi) is 7.18. The zero-order valence-corrected chi connectivity index (χ0v) is 16.0. The Labute approximate surface area is 159 Å². The van der Waals surface area contributed by atoms with E-state index in [2.05, 4.69) is 10.8 Å². The molecule has 1 atom stereocenters. The fraction of sp³-hybridized carbons (Fsp3) is 0.579. The lowest BCUT2D eigenvalue weighted by Gasteiger charge is -2.38. The third-order valence-electron chi connectivity index (χ3n) is 4.07. The first-order valence-corrected chi connectivity index (χ1v) is 8.95. The van der Waals surface area contributed by atoms with Crippen LogP contribution in [0.25, 0.3) is 0 Å². The molecule has 3 N–H and O–H groups in total. The molecule has 27 heavy (non-hydrogen) atoms. The van der Waals surface area contributed by atoms with Gasteiger partial charge in [-0.15, -0.1) is 0 Å². The van der Waals surface area contributed by atoms with E-state index in [1.54, 1.807) is 20.8 Å². The minimum absolute atomic E-state index is 0.160. The van der Waals surface area contributed by atoms with Gasteiger partial charge in [-0.2, -0.15) is 0 Å². The topological polar surface area (TPSA) is 106 Å². The van der Waals surface area contributed by atoms with Crippen molar-refractivity contribution in [2.75, 3.05) is 13.2 Å². The van der Waals surface area contributed by atoms with Gasteiger partial charge in [-0.25, -0.2) is 10.3 Å². The van der Waals surface area contributed by atoms with Crippen LogP contribution >= 0.6 is 0 Å². The van der Waals surface area contributed by atoms with Crippen LogP contribution in [0.1, 0.15) is 39.2 Å². The van der Waals surface area contributed by atoms with Crippen LogP contribution in [-0.4, -0.2) is 47.6 Å². The van der Waals surface area contributed by atoms with Crippen molar-refractivity contribution in [3.8, 4) is 0 Å². The molecule has 0 aliphatic carbocycles. The van der Waals surface area contributed by atoms with Crippen molar-refractivity contribution >= 4 is 12.0 Å². The Morgan fingerprint density at radius 3 is 2.44 bits per heavy atom. The SMILES string of the molecule is CC(C)(C)OC(=O)NC(C(=O)NOCc1ccccc1)C1(O)CCOCC1. The molecule has 0 bridgehead atoms. The number of alkyl carbamates (subject to hydrolysis) is 1. The quantitative estimate of drug-likeness (QED) is 0.648. The third kappa shape index (κ3) is 6.82. The molecular formula is C19H28N2O6. The number of amides is 2. The second-order valence-electron chi connectivity index (χ2n) is 7.54. The average Bonchev–Trinajstić information content (AvgIpc) is 2.59. The number of hydrogen-bond acceptors (Lipinski definition) is 6. The number of hydroxylamine groups is 1. The van der Waals surface area contributed by atoms with E-state index in [4.69, 9.17) is 14.3 Å². The number of hydrogen-bond donors (Lipinski definition) is 3. The van der Waals surface area contributed by atoms with E-state index < -0.39 is 29.2 Å². The minimum atomic E-state index is -1.45. The van der Waals surface area contributed by atoms with Gasteiger partial charge in [-0.05, 0) is 26.3 Å². The van der Waals surface area contributed by atoms with Crippen molar-refractivity contribution in [3.63, 3.8) is 0 Å². The van der Waals surface area contributed by atoms with Gasteiger partial charge in [0, 0.05) is 26.1 Å². The smallest absolute Gasteiger partial charge is 0.408 e. The molecule has 1 aliphatic rings. The van der Waals surface area contributed by atoms with Crippen LogP contribution in [0.4, 0.5) is 4.79 Å². The first-order valence-electron chi connectivity index (χ1n) is 8.95. The predicted molar refractivity (Wildman–Crippen MR) is 97.5 cm³/mol. The van der Waals surface area contributed by atoms with E-state index in [0.29, 0.717) is 13.2 Å². The summed E-state index contributed by atoms with van der Waals surface area (Å²) in [6, 6.07) is 8.08. The molecule has 8 heteroatoms. The Morgan fingerprint density at radius 1 is 1.22 bits per heavy atom. The Balaban J connectivity index is 2.01. The second kappa shape index (κ2) is 9.16. The molecule has 1 saturated heterocycles. The van der Waals surface area contributed by atoms with Gasteiger partial charge in [0.2, 0.25) is 0 Å². The van der Waals surface area contributed by atoms with Crippen molar-refractivity contribution in [3.05, 3.63) is 35.9 Å².